The van der Waals surface area contributed by atoms with Crippen LogP contribution in [0.5, 0.6) is 0 Å². The first-order valence-electron chi connectivity index (χ1n) is 5.26. The molecule has 0 aliphatic rings. The van der Waals surface area contributed by atoms with Gasteiger partial charge in [-0.25, -0.2) is 0 Å². The van der Waals surface area contributed by atoms with E-state index in [4.69, 9.17) is 10.2 Å². The van der Waals surface area contributed by atoms with Gasteiger partial charge in [0.15, 0.2) is 0 Å². The molecular formula is C10H20Br2O2. The Morgan fingerprint density at radius 3 is 2.07 bits per heavy atom. The summed E-state index contributed by atoms with van der Waals surface area (Å²) in [6, 6.07) is 0. The van der Waals surface area contributed by atoms with Gasteiger partial charge in [0.25, 0.3) is 0 Å². The zero-order chi connectivity index (χ0) is 11.0. The highest BCUT2D eigenvalue weighted by molar-refractivity contribution is 9.12. The van der Waals surface area contributed by atoms with Gasteiger partial charge in [0.1, 0.15) is 0 Å². The monoisotopic (exact) mass is 330 g/mol. The third kappa shape index (κ3) is 8.21. The van der Waals surface area contributed by atoms with Crippen LogP contribution in [-0.4, -0.2) is 19.7 Å². The molecule has 0 aromatic heterocycles. The van der Waals surface area contributed by atoms with Crippen molar-refractivity contribution in [3.63, 3.8) is 0 Å². The van der Waals surface area contributed by atoms with Gasteiger partial charge in [0.05, 0.1) is 4.83 Å². The zero-order valence-corrected chi connectivity index (χ0v) is 11.8. The van der Waals surface area contributed by atoms with Crippen molar-refractivity contribution in [2.75, 3.05) is 0 Å². The van der Waals surface area contributed by atoms with Crippen LogP contribution >= 0.6 is 31.9 Å². The minimum atomic E-state index is -1.77. The minimum Gasteiger partial charge on any atom is -0.356 e. The van der Waals surface area contributed by atoms with E-state index in [1.54, 1.807) is 0 Å². The molecule has 0 aliphatic heterocycles. The SMILES string of the molecule is CCCCCCCCC(Br)C(O)(O)Br. The average molecular weight is 332 g/mol. The topological polar surface area (TPSA) is 40.5 Å². The molecule has 1 atom stereocenters. The van der Waals surface area contributed by atoms with Gasteiger partial charge in [-0.2, -0.15) is 0 Å². The van der Waals surface area contributed by atoms with Crippen molar-refractivity contribution in [1.29, 1.82) is 0 Å². The van der Waals surface area contributed by atoms with Gasteiger partial charge in [0, 0.05) is 0 Å². The maximum absolute atomic E-state index is 9.15. The summed E-state index contributed by atoms with van der Waals surface area (Å²) in [6.45, 7) is 2.20. The predicted molar refractivity (Wildman–Crippen MR) is 66.8 cm³/mol. The minimum absolute atomic E-state index is 0.291. The van der Waals surface area contributed by atoms with Crippen LogP contribution in [0.25, 0.3) is 0 Å². The van der Waals surface area contributed by atoms with Crippen LogP contribution < -0.4 is 0 Å². The highest BCUT2D eigenvalue weighted by atomic mass is 79.9. The fourth-order valence-electron chi connectivity index (χ4n) is 1.29. The number of alkyl halides is 2. The van der Waals surface area contributed by atoms with Gasteiger partial charge in [-0.3, -0.25) is 0 Å². The lowest BCUT2D eigenvalue weighted by molar-refractivity contribution is -0.0687. The Labute approximate surface area is 103 Å². The Bertz CT molecular complexity index is 135. The number of aliphatic hydroxyl groups is 2. The van der Waals surface area contributed by atoms with E-state index >= 15 is 0 Å². The molecule has 0 aromatic rings. The molecular weight excluding hydrogens is 312 g/mol. The summed E-state index contributed by atoms with van der Waals surface area (Å²) in [6.07, 6.45) is 8.10. The first-order chi connectivity index (χ1) is 6.48. The molecule has 0 aliphatic carbocycles. The van der Waals surface area contributed by atoms with E-state index in [1.807, 2.05) is 0 Å². The number of rotatable bonds is 8. The van der Waals surface area contributed by atoms with Crippen molar-refractivity contribution in [2.24, 2.45) is 0 Å². The lowest BCUT2D eigenvalue weighted by Crippen LogP contribution is -2.30. The van der Waals surface area contributed by atoms with Crippen LogP contribution in [0.3, 0.4) is 0 Å². The fraction of sp³-hybridized carbons (Fsp3) is 1.00. The number of unbranched alkanes of at least 4 members (excludes halogenated alkanes) is 5. The summed E-state index contributed by atoms with van der Waals surface area (Å²) in [5, 5.41) is 18.3. The highest BCUT2D eigenvalue weighted by Crippen LogP contribution is 2.26. The summed E-state index contributed by atoms with van der Waals surface area (Å²) in [7, 11) is 0. The van der Waals surface area contributed by atoms with Crippen molar-refractivity contribution >= 4 is 31.9 Å². The molecule has 0 bridgehead atoms. The molecule has 0 spiro atoms. The number of halogens is 2. The lowest BCUT2D eigenvalue weighted by Gasteiger charge is -2.20. The van der Waals surface area contributed by atoms with E-state index in [1.165, 1.54) is 32.1 Å². The third-order valence-electron chi connectivity index (χ3n) is 2.21. The second-order valence-electron chi connectivity index (χ2n) is 3.66. The molecule has 0 saturated heterocycles. The summed E-state index contributed by atoms with van der Waals surface area (Å²) < 4.78 is -1.77. The first kappa shape index (κ1) is 14.9. The molecule has 0 aromatic carbocycles. The van der Waals surface area contributed by atoms with Crippen molar-refractivity contribution in [1.82, 2.24) is 0 Å². The highest BCUT2D eigenvalue weighted by Gasteiger charge is 2.28. The predicted octanol–water partition coefficient (Wildman–Crippen LogP) is 3.53. The van der Waals surface area contributed by atoms with Crippen molar-refractivity contribution < 1.29 is 10.2 Å². The quantitative estimate of drug-likeness (QED) is 0.406. The molecule has 1 unspecified atom stereocenters. The Morgan fingerprint density at radius 1 is 1.07 bits per heavy atom. The summed E-state index contributed by atoms with van der Waals surface area (Å²) in [5.74, 6) is 0. The molecule has 2 N–H and O–H groups in total. The Kier molecular flexibility index (Phi) is 8.59. The molecule has 0 rings (SSSR count). The number of hydrogen-bond donors (Lipinski definition) is 2. The normalized spacial score (nSPS) is 14.4. The standard InChI is InChI=1S/C10H20Br2O2/c1-2-3-4-5-6-7-8-9(11)10(12,13)14/h9,13-14H,2-8H2,1H3. The third-order valence-corrected chi connectivity index (χ3v) is 4.47. The van der Waals surface area contributed by atoms with E-state index in [2.05, 4.69) is 38.8 Å². The summed E-state index contributed by atoms with van der Waals surface area (Å²) >= 11 is 6.04. The Hall–Kier alpha value is 0.880. The second-order valence-corrected chi connectivity index (χ2v) is 5.93. The lowest BCUT2D eigenvalue weighted by atomic mass is 10.1. The van der Waals surface area contributed by atoms with Gasteiger partial charge >= 0.3 is 0 Å². The molecule has 0 heterocycles. The average Bonchev–Trinajstić information content (AvgIpc) is 2.09. The van der Waals surface area contributed by atoms with Crippen LogP contribution in [-0.2, 0) is 0 Å². The van der Waals surface area contributed by atoms with Crippen molar-refractivity contribution in [2.45, 2.75) is 61.4 Å². The zero-order valence-electron chi connectivity index (χ0n) is 8.68. The first-order valence-corrected chi connectivity index (χ1v) is 6.97. The Balaban J connectivity index is 3.28. The molecule has 0 saturated carbocycles. The molecule has 86 valence electrons. The van der Waals surface area contributed by atoms with E-state index < -0.39 is 4.70 Å². The van der Waals surface area contributed by atoms with Crippen LogP contribution in [0.2, 0.25) is 0 Å². The maximum atomic E-state index is 9.15. The molecule has 0 amide bonds. The summed E-state index contributed by atoms with van der Waals surface area (Å²) in [4.78, 5) is -0.291. The molecule has 0 radical (unpaired) electrons. The van der Waals surface area contributed by atoms with Crippen LogP contribution in [0.4, 0.5) is 0 Å². The largest absolute Gasteiger partial charge is 0.356 e. The molecule has 14 heavy (non-hydrogen) atoms. The van der Waals surface area contributed by atoms with Crippen LogP contribution in [0, 0.1) is 0 Å². The van der Waals surface area contributed by atoms with Crippen molar-refractivity contribution in [3.8, 4) is 0 Å². The summed E-state index contributed by atoms with van der Waals surface area (Å²) in [5.41, 5.74) is 0. The fourth-order valence-corrected chi connectivity index (χ4v) is 1.84. The number of hydrogen-bond acceptors (Lipinski definition) is 2. The molecule has 4 heteroatoms. The van der Waals surface area contributed by atoms with Gasteiger partial charge in [0.2, 0.25) is 4.70 Å². The van der Waals surface area contributed by atoms with Gasteiger partial charge in [-0.05, 0) is 22.4 Å². The van der Waals surface area contributed by atoms with E-state index in [0.29, 0.717) is 0 Å². The van der Waals surface area contributed by atoms with E-state index in [0.717, 1.165) is 12.8 Å². The molecule has 0 fully saturated rings. The smallest absolute Gasteiger partial charge is 0.234 e. The van der Waals surface area contributed by atoms with Crippen LogP contribution in [0.15, 0.2) is 0 Å². The van der Waals surface area contributed by atoms with Gasteiger partial charge in [-0.1, -0.05) is 61.4 Å². The van der Waals surface area contributed by atoms with Gasteiger partial charge < -0.3 is 10.2 Å². The van der Waals surface area contributed by atoms with E-state index in [-0.39, 0.29) is 4.83 Å². The molecule has 2 nitrogen and oxygen atoms in total. The van der Waals surface area contributed by atoms with Gasteiger partial charge in [-0.15, -0.1) is 0 Å². The van der Waals surface area contributed by atoms with Crippen molar-refractivity contribution in [3.05, 3.63) is 0 Å². The van der Waals surface area contributed by atoms with Crippen LogP contribution in [0.1, 0.15) is 51.9 Å². The second kappa shape index (κ2) is 8.08. The maximum Gasteiger partial charge on any atom is 0.234 e. The van der Waals surface area contributed by atoms with E-state index in [9.17, 15) is 0 Å². The Morgan fingerprint density at radius 2 is 1.57 bits per heavy atom.